The van der Waals surface area contributed by atoms with Crippen LogP contribution in [0.15, 0.2) is 48.5 Å². The summed E-state index contributed by atoms with van der Waals surface area (Å²) in [5, 5.41) is 6.88. The quantitative estimate of drug-likeness (QED) is 0.215. The predicted molar refractivity (Wildman–Crippen MR) is 136 cm³/mol. The summed E-state index contributed by atoms with van der Waals surface area (Å²) in [5.41, 5.74) is 0.650. The molecule has 3 rings (SSSR count). The minimum absolute atomic E-state index is 0.0594. The molecule has 3 aromatic carbocycles. The van der Waals surface area contributed by atoms with Crippen LogP contribution in [-0.2, 0) is 5.41 Å². The summed E-state index contributed by atoms with van der Waals surface area (Å²) >= 11 is 4.98. The third kappa shape index (κ3) is 6.23. The van der Waals surface area contributed by atoms with E-state index in [1.807, 2.05) is 17.4 Å². The fourth-order valence-electron chi connectivity index (χ4n) is 3.32. The topological polar surface area (TPSA) is 79.5 Å². The molecule has 0 saturated carbocycles. The number of methoxy groups -OCH3 is 1. The average Bonchev–Trinajstić information content (AvgIpc) is 2.83. The standard InChI is InChI=1S/C26H23F4N3O3S/c1-26(2,3)14-10-8-13(9-11-14)23(34)31-15-6-5-7-16(12-15)32-25(37)33-24(35)17-18(27)20(29)22(36-4)21(30)19(17)28/h5-12H,1-4H3,(H,31,34)(H2,32,33,35,37). The van der Waals surface area contributed by atoms with Gasteiger partial charge in [-0.15, -0.1) is 0 Å². The van der Waals surface area contributed by atoms with E-state index in [0.29, 0.717) is 16.9 Å². The van der Waals surface area contributed by atoms with Gasteiger partial charge >= 0.3 is 0 Å². The maximum Gasteiger partial charge on any atom is 0.263 e. The van der Waals surface area contributed by atoms with E-state index >= 15 is 0 Å². The number of carbonyl (C=O) groups is 2. The Labute approximate surface area is 216 Å². The zero-order valence-electron chi connectivity index (χ0n) is 20.3. The van der Waals surface area contributed by atoms with E-state index in [1.165, 1.54) is 6.07 Å². The number of carbonyl (C=O) groups excluding carboxylic acids is 2. The Morgan fingerprint density at radius 3 is 1.86 bits per heavy atom. The molecule has 3 aromatic rings. The number of benzene rings is 3. The summed E-state index contributed by atoms with van der Waals surface area (Å²) in [7, 11) is 0.818. The van der Waals surface area contributed by atoms with E-state index in [1.54, 1.807) is 30.3 Å². The largest absolute Gasteiger partial charge is 0.491 e. The second-order valence-corrected chi connectivity index (χ2v) is 9.34. The SMILES string of the molecule is COc1c(F)c(F)c(C(=O)NC(=S)Nc2cccc(NC(=O)c3ccc(C(C)(C)C)cc3)c2)c(F)c1F. The molecule has 0 spiro atoms. The molecule has 0 aromatic heterocycles. The molecule has 0 heterocycles. The minimum Gasteiger partial charge on any atom is -0.491 e. The van der Waals surface area contributed by atoms with Crippen molar-refractivity contribution in [2.24, 2.45) is 0 Å². The number of amides is 2. The molecule has 0 aliphatic heterocycles. The first-order valence-electron chi connectivity index (χ1n) is 10.9. The lowest BCUT2D eigenvalue weighted by Crippen LogP contribution is -2.35. The van der Waals surface area contributed by atoms with Crippen molar-refractivity contribution in [3.63, 3.8) is 0 Å². The van der Waals surface area contributed by atoms with Gasteiger partial charge in [-0.1, -0.05) is 39.0 Å². The van der Waals surface area contributed by atoms with Crippen molar-refractivity contribution in [1.82, 2.24) is 5.32 Å². The summed E-state index contributed by atoms with van der Waals surface area (Å²) in [6.45, 7) is 6.19. The van der Waals surface area contributed by atoms with Crippen LogP contribution in [0.2, 0.25) is 0 Å². The van der Waals surface area contributed by atoms with Crippen molar-refractivity contribution < 1.29 is 31.9 Å². The Morgan fingerprint density at radius 2 is 1.35 bits per heavy atom. The highest BCUT2D eigenvalue weighted by molar-refractivity contribution is 7.80. The molecule has 194 valence electrons. The first-order valence-corrected chi connectivity index (χ1v) is 11.3. The van der Waals surface area contributed by atoms with E-state index < -0.39 is 45.6 Å². The lowest BCUT2D eigenvalue weighted by Gasteiger charge is -2.19. The molecule has 0 aliphatic carbocycles. The summed E-state index contributed by atoms with van der Waals surface area (Å²) in [4.78, 5) is 24.9. The Bertz CT molecular complexity index is 1340. The lowest BCUT2D eigenvalue weighted by molar-refractivity contribution is 0.0965. The molecule has 6 nitrogen and oxygen atoms in total. The smallest absolute Gasteiger partial charge is 0.263 e. The highest BCUT2D eigenvalue weighted by Gasteiger charge is 2.30. The fourth-order valence-corrected chi connectivity index (χ4v) is 3.53. The molecular formula is C26H23F4N3O3S. The molecule has 11 heteroatoms. The number of rotatable bonds is 5. The van der Waals surface area contributed by atoms with Gasteiger partial charge in [0, 0.05) is 16.9 Å². The molecular weight excluding hydrogens is 510 g/mol. The van der Waals surface area contributed by atoms with E-state index in [4.69, 9.17) is 12.2 Å². The number of nitrogens with one attached hydrogen (secondary N) is 3. The number of halogens is 4. The van der Waals surface area contributed by atoms with Gasteiger partial charge in [0.1, 0.15) is 5.56 Å². The van der Waals surface area contributed by atoms with Crippen molar-refractivity contribution in [3.8, 4) is 5.75 Å². The van der Waals surface area contributed by atoms with Crippen molar-refractivity contribution in [3.05, 3.63) is 88.5 Å². The summed E-state index contributed by atoms with van der Waals surface area (Å²) in [6.07, 6.45) is 0. The number of anilines is 2. The molecule has 0 unspecified atom stereocenters. The fraction of sp³-hybridized carbons (Fsp3) is 0.192. The van der Waals surface area contributed by atoms with Gasteiger partial charge in [0.25, 0.3) is 11.8 Å². The predicted octanol–water partition coefficient (Wildman–Crippen LogP) is 5.93. The first kappa shape index (κ1) is 27.6. The molecule has 0 aliphatic rings. The first-order chi connectivity index (χ1) is 17.3. The number of ether oxygens (including phenoxy) is 1. The Hall–Kier alpha value is -3.99. The third-order valence-corrected chi connectivity index (χ3v) is 5.48. The van der Waals surface area contributed by atoms with E-state index in [-0.39, 0.29) is 11.3 Å². The summed E-state index contributed by atoms with van der Waals surface area (Å²) < 4.78 is 60.5. The highest BCUT2D eigenvalue weighted by Crippen LogP contribution is 2.30. The van der Waals surface area contributed by atoms with Crippen LogP contribution >= 0.6 is 12.2 Å². The zero-order valence-corrected chi connectivity index (χ0v) is 21.1. The van der Waals surface area contributed by atoms with Gasteiger partial charge in [-0.05, 0) is 53.5 Å². The molecule has 0 bridgehead atoms. The Morgan fingerprint density at radius 1 is 0.811 bits per heavy atom. The number of hydrogen-bond acceptors (Lipinski definition) is 4. The van der Waals surface area contributed by atoms with Crippen molar-refractivity contribution in [1.29, 1.82) is 0 Å². The van der Waals surface area contributed by atoms with Gasteiger partial charge < -0.3 is 15.4 Å². The van der Waals surface area contributed by atoms with Crippen molar-refractivity contribution in [2.45, 2.75) is 26.2 Å². The normalized spacial score (nSPS) is 11.0. The van der Waals surface area contributed by atoms with Gasteiger partial charge in [-0.2, -0.15) is 8.78 Å². The number of hydrogen-bond donors (Lipinski definition) is 3. The third-order valence-electron chi connectivity index (χ3n) is 5.27. The van der Waals surface area contributed by atoms with Gasteiger partial charge in [0.2, 0.25) is 11.6 Å². The maximum absolute atomic E-state index is 14.2. The number of thiocarbonyl (C=S) groups is 1. The molecule has 0 fully saturated rings. The van der Waals surface area contributed by atoms with Crippen LogP contribution in [-0.4, -0.2) is 24.0 Å². The second kappa shape index (κ2) is 11.0. The van der Waals surface area contributed by atoms with Crippen molar-refractivity contribution in [2.75, 3.05) is 17.7 Å². The van der Waals surface area contributed by atoms with Gasteiger partial charge in [-0.25, -0.2) is 8.78 Å². The highest BCUT2D eigenvalue weighted by atomic mass is 32.1. The van der Waals surface area contributed by atoms with Crippen molar-refractivity contribution >= 4 is 40.5 Å². The molecule has 0 radical (unpaired) electrons. The maximum atomic E-state index is 14.2. The van der Waals surface area contributed by atoms with E-state index in [0.717, 1.165) is 12.7 Å². The Balaban J connectivity index is 1.69. The minimum atomic E-state index is -1.93. The average molecular weight is 534 g/mol. The second-order valence-electron chi connectivity index (χ2n) is 8.93. The summed E-state index contributed by atoms with van der Waals surface area (Å²) in [6, 6.07) is 13.4. The van der Waals surface area contributed by atoms with Crippen LogP contribution in [0.1, 0.15) is 47.1 Å². The van der Waals surface area contributed by atoms with Crippen LogP contribution in [0.3, 0.4) is 0 Å². The van der Waals surface area contributed by atoms with Crippen LogP contribution < -0.4 is 20.7 Å². The summed E-state index contributed by atoms with van der Waals surface area (Å²) in [5.74, 6) is -10.8. The van der Waals surface area contributed by atoms with Gasteiger partial charge in [-0.3, -0.25) is 14.9 Å². The monoisotopic (exact) mass is 533 g/mol. The Kier molecular flexibility index (Phi) is 8.17. The molecule has 0 atom stereocenters. The van der Waals surface area contributed by atoms with Crippen LogP contribution in [0.25, 0.3) is 0 Å². The lowest BCUT2D eigenvalue weighted by atomic mass is 9.87. The van der Waals surface area contributed by atoms with E-state index in [9.17, 15) is 27.2 Å². The molecule has 0 saturated heterocycles. The zero-order chi connectivity index (χ0) is 27.5. The molecule has 3 N–H and O–H groups in total. The molecule has 2 amide bonds. The van der Waals surface area contributed by atoms with Crippen LogP contribution in [0.4, 0.5) is 28.9 Å². The van der Waals surface area contributed by atoms with Gasteiger partial charge in [0.15, 0.2) is 22.5 Å². The van der Waals surface area contributed by atoms with Crippen LogP contribution in [0.5, 0.6) is 5.75 Å². The van der Waals surface area contributed by atoms with Crippen LogP contribution in [0, 0.1) is 23.3 Å². The van der Waals surface area contributed by atoms with E-state index in [2.05, 4.69) is 36.1 Å². The molecule has 37 heavy (non-hydrogen) atoms. The van der Waals surface area contributed by atoms with Gasteiger partial charge in [0.05, 0.1) is 7.11 Å².